The minimum Gasteiger partial charge on any atom is -0.488 e. The first-order valence-corrected chi connectivity index (χ1v) is 7.25. The average molecular weight is 267 g/mol. The van der Waals surface area contributed by atoms with Gasteiger partial charge in [-0.1, -0.05) is 42.0 Å². The Balaban J connectivity index is 2.10. The molecule has 0 saturated heterocycles. The number of rotatable bonds is 2. The fourth-order valence-corrected chi connectivity index (χ4v) is 2.96. The van der Waals surface area contributed by atoms with Crippen LogP contribution in [0.2, 0.25) is 0 Å². The minimum atomic E-state index is 0.148. The summed E-state index contributed by atoms with van der Waals surface area (Å²) in [6, 6.07) is 13.0. The van der Waals surface area contributed by atoms with E-state index >= 15 is 0 Å². The molecule has 0 spiro atoms. The number of fused-ring (bicyclic) bond motifs is 1. The van der Waals surface area contributed by atoms with Crippen molar-refractivity contribution < 1.29 is 4.74 Å². The highest BCUT2D eigenvalue weighted by Crippen LogP contribution is 2.38. The van der Waals surface area contributed by atoms with E-state index in [1.54, 1.807) is 0 Å². The van der Waals surface area contributed by atoms with Crippen LogP contribution in [0, 0.1) is 13.8 Å². The van der Waals surface area contributed by atoms with E-state index < -0.39 is 0 Å². The molecule has 0 unspecified atom stereocenters. The average Bonchev–Trinajstić information content (AvgIpc) is 2.46. The molecule has 20 heavy (non-hydrogen) atoms. The van der Waals surface area contributed by atoms with Crippen molar-refractivity contribution >= 4 is 0 Å². The Hall–Kier alpha value is -1.80. The van der Waals surface area contributed by atoms with Crippen molar-refractivity contribution in [2.75, 3.05) is 6.54 Å². The van der Waals surface area contributed by atoms with Crippen LogP contribution < -0.4 is 10.5 Å². The van der Waals surface area contributed by atoms with Gasteiger partial charge in [-0.3, -0.25) is 0 Å². The second kappa shape index (κ2) is 5.29. The third kappa shape index (κ3) is 2.32. The van der Waals surface area contributed by atoms with E-state index in [-0.39, 0.29) is 6.10 Å². The number of ether oxygens (including phenoxy) is 1. The summed E-state index contributed by atoms with van der Waals surface area (Å²) in [6.45, 7) is 4.86. The molecule has 3 rings (SSSR count). The van der Waals surface area contributed by atoms with Gasteiger partial charge in [0.05, 0.1) is 0 Å². The van der Waals surface area contributed by atoms with Crippen molar-refractivity contribution in [2.24, 2.45) is 5.73 Å². The largest absolute Gasteiger partial charge is 0.488 e. The van der Waals surface area contributed by atoms with Gasteiger partial charge in [-0.15, -0.1) is 0 Å². The molecule has 0 fully saturated rings. The van der Waals surface area contributed by atoms with Gasteiger partial charge in [-0.05, 0) is 43.4 Å². The summed E-state index contributed by atoms with van der Waals surface area (Å²) < 4.78 is 6.13. The van der Waals surface area contributed by atoms with Crippen molar-refractivity contribution in [3.63, 3.8) is 0 Å². The van der Waals surface area contributed by atoms with E-state index in [0.29, 0.717) is 6.54 Å². The first-order valence-electron chi connectivity index (χ1n) is 7.25. The summed E-state index contributed by atoms with van der Waals surface area (Å²) in [6.07, 6.45) is 2.21. The summed E-state index contributed by atoms with van der Waals surface area (Å²) in [5, 5.41) is 0. The molecule has 1 atom stereocenters. The molecule has 0 radical (unpaired) electrons. The Labute approximate surface area is 120 Å². The monoisotopic (exact) mass is 267 g/mol. The van der Waals surface area contributed by atoms with Gasteiger partial charge in [0.2, 0.25) is 0 Å². The van der Waals surface area contributed by atoms with Crippen LogP contribution in [0.4, 0.5) is 0 Å². The van der Waals surface area contributed by atoms with E-state index in [0.717, 1.165) is 18.6 Å². The fourth-order valence-electron chi connectivity index (χ4n) is 2.96. The zero-order valence-electron chi connectivity index (χ0n) is 12.1. The van der Waals surface area contributed by atoms with Gasteiger partial charge in [-0.2, -0.15) is 0 Å². The number of hydrogen-bond acceptors (Lipinski definition) is 2. The number of para-hydroxylation sites is 1. The molecular weight excluding hydrogens is 246 g/mol. The summed E-state index contributed by atoms with van der Waals surface area (Å²) in [7, 11) is 0. The lowest BCUT2D eigenvalue weighted by Crippen LogP contribution is -2.30. The Bertz CT molecular complexity index is 633. The molecule has 2 heteroatoms. The highest BCUT2D eigenvalue weighted by atomic mass is 16.5. The predicted molar refractivity (Wildman–Crippen MR) is 83.1 cm³/mol. The molecule has 2 aromatic rings. The van der Waals surface area contributed by atoms with Crippen molar-refractivity contribution in [3.05, 3.63) is 53.1 Å². The topological polar surface area (TPSA) is 35.2 Å². The molecule has 0 bridgehead atoms. The van der Waals surface area contributed by atoms with Gasteiger partial charge >= 0.3 is 0 Å². The fraction of sp³-hybridized carbons (Fsp3) is 0.333. The molecule has 2 N–H and O–H groups in total. The minimum absolute atomic E-state index is 0.148. The normalized spacial score (nSPS) is 17.4. The highest BCUT2D eigenvalue weighted by Gasteiger charge is 2.22. The molecule has 2 nitrogen and oxygen atoms in total. The molecule has 0 amide bonds. The molecular formula is C18H21NO. The van der Waals surface area contributed by atoms with Crippen LogP contribution in [0.5, 0.6) is 5.75 Å². The van der Waals surface area contributed by atoms with E-state index in [4.69, 9.17) is 10.5 Å². The molecule has 1 heterocycles. The van der Waals surface area contributed by atoms with Crippen LogP contribution in [0.25, 0.3) is 11.1 Å². The van der Waals surface area contributed by atoms with E-state index in [2.05, 4.69) is 50.2 Å². The third-order valence-electron chi connectivity index (χ3n) is 4.05. The van der Waals surface area contributed by atoms with Crippen molar-refractivity contribution in [2.45, 2.75) is 32.8 Å². The van der Waals surface area contributed by atoms with Crippen LogP contribution in [-0.4, -0.2) is 12.6 Å². The van der Waals surface area contributed by atoms with Gasteiger partial charge in [0.1, 0.15) is 11.9 Å². The number of aryl methyl sites for hydroxylation is 3. The first kappa shape index (κ1) is 13.2. The van der Waals surface area contributed by atoms with Gasteiger partial charge in [0, 0.05) is 12.1 Å². The predicted octanol–water partition coefficient (Wildman–Crippen LogP) is 3.62. The van der Waals surface area contributed by atoms with Crippen molar-refractivity contribution in [3.8, 4) is 16.9 Å². The summed E-state index contributed by atoms with van der Waals surface area (Å²) in [5.41, 5.74) is 12.1. The van der Waals surface area contributed by atoms with Crippen LogP contribution in [0.15, 0.2) is 36.4 Å². The third-order valence-corrected chi connectivity index (χ3v) is 4.05. The summed E-state index contributed by atoms with van der Waals surface area (Å²) >= 11 is 0. The smallest absolute Gasteiger partial charge is 0.130 e. The second-order valence-electron chi connectivity index (χ2n) is 5.63. The first-order chi connectivity index (χ1) is 9.69. The Kier molecular flexibility index (Phi) is 3.49. The maximum absolute atomic E-state index is 6.13. The maximum Gasteiger partial charge on any atom is 0.130 e. The molecule has 1 aliphatic heterocycles. The molecule has 104 valence electrons. The van der Waals surface area contributed by atoms with Gasteiger partial charge < -0.3 is 10.5 Å². The van der Waals surface area contributed by atoms with E-state index in [1.165, 1.54) is 27.8 Å². The Morgan fingerprint density at radius 3 is 2.75 bits per heavy atom. The van der Waals surface area contributed by atoms with Crippen LogP contribution in [0.1, 0.15) is 23.1 Å². The van der Waals surface area contributed by atoms with E-state index in [9.17, 15) is 0 Å². The SMILES string of the molecule is Cc1ccc(-c2cccc3c2O[C@@H](CN)CC3)c(C)c1. The number of benzene rings is 2. The highest BCUT2D eigenvalue weighted by molar-refractivity contribution is 5.75. The zero-order valence-corrected chi connectivity index (χ0v) is 12.1. The molecule has 0 aliphatic carbocycles. The van der Waals surface area contributed by atoms with E-state index in [1.807, 2.05) is 0 Å². The van der Waals surface area contributed by atoms with Crippen LogP contribution in [-0.2, 0) is 6.42 Å². The Morgan fingerprint density at radius 2 is 2.00 bits per heavy atom. The number of nitrogens with two attached hydrogens (primary N) is 1. The molecule has 0 aromatic heterocycles. The van der Waals surface area contributed by atoms with Crippen LogP contribution in [0.3, 0.4) is 0 Å². The lowest BCUT2D eigenvalue weighted by molar-refractivity contribution is 0.182. The van der Waals surface area contributed by atoms with Gasteiger partial charge in [0.15, 0.2) is 0 Å². The van der Waals surface area contributed by atoms with Gasteiger partial charge in [-0.25, -0.2) is 0 Å². The quantitative estimate of drug-likeness (QED) is 0.902. The number of hydrogen-bond donors (Lipinski definition) is 1. The van der Waals surface area contributed by atoms with Crippen LogP contribution >= 0.6 is 0 Å². The Morgan fingerprint density at radius 1 is 1.15 bits per heavy atom. The molecule has 0 saturated carbocycles. The molecule has 2 aromatic carbocycles. The maximum atomic E-state index is 6.13. The standard InChI is InChI=1S/C18H21NO/c1-12-6-9-16(13(2)10-12)17-5-3-4-14-7-8-15(11-19)20-18(14)17/h3-6,9-10,15H,7-8,11,19H2,1-2H3/t15-/m1/s1. The summed E-state index contributed by atoms with van der Waals surface area (Å²) in [5.74, 6) is 1.03. The zero-order chi connectivity index (χ0) is 14.1. The summed E-state index contributed by atoms with van der Waals surface area (Å²) in [4.78, 5) is 0. The second-order valence-corrected chi connectivity index (χ2v) is 5.63. The van der Waals surface area contributed by atoms with Gasteiger partial charge in [0.25, 0.3) is 0 Å². The lowest BCUT2D eigenvalue weighted by atomic mass is 9.93. The van der Waals surface area contributed by atoms with Crippen molar-refractivity contribution in [1.29, 1.82) is 0 Å². The molecule has 1 aliphatic rings. The lowest BCUT2D eigenvalue weighted by Gasteiger charge is -2.27. The van der Waals surface area contributed by atoms with Crippen molar-refractivity contribution in [1.82, 2.24) is 0 Å².